The average molecular weight is 356 g/mol. The molecule has 5 rings (SSSR count). The van der Waals surface area contributed by atoms with E-state index in [0.717, 1.165) is 18.4 Å². The molecule has 0 unspecified atom stereocenters. The van der Waals surface area contributed by atoms with Crippen molar-refractivity contribution in [3.05, 3.63) is 71.3 Å². The lowest BCUT2D eigenvalue weighted by Crippen LogP contribution is -2.47. The number of nitrogens with zero attached hydrogens (tertiary/aromatic N) is 2. The molecule has 2 aromatic carbocycles. The van der Waals surface area contributed by atoms with Crippen molar-refractivity contribution in [3.8, 4) is 0 Å². The number of hydrogen-bond donors (Lipinski definition) is 0. The van der Waals surface area contributed by atoms with Gasteiger partial charge in [-0.05, 0) is 30.5 Å². The number of rotatable bonds is 4. The van der Waals surface area contributed by atoms with Gasteiger partial charge in [0.25, 0.3) is 0 Å². The number of carbonyl (C=O) groups excluding carboxylic acids is 1. The van der Waals surface area contributed by atoms with Gasteiger partial charge in [0.1, 0.15) is 11.6 Å². The van der Waals surface area contributed by atoms with Crippen LogP contribution in [0.2, 0.25) is 0 Å². The zero-order valence-electron chi connectivity index (χ0n) is 14.6. The summed E-state index contributed by atoms with van der Waals surface area (Å²) in [5.74, 6) is -0.961. The molecule has 0 radical (unpaired) electrons. The summed E-state index contributed by atoms with van der Waals surface area (Å²) in [6, 6.07) is 14.0. The fourth-order valence-electron chi connectivity index (χ4n) is 4.15. The smallest absolute Gasteiger partial charge is 0.227 e. The van der Waals surface area contributed by atoms with Gasteiger partial charge < -0.3 is 4.90 Å². The third-order valence-corrected chi connectivity index (χ3v) is 5.51. The van der Waals surface area contributed by atoms with Crippen molar-refractivity contribution in [3.63, 3.8) is 0 Å². The predicted octanol–water partition coefficient (Wildman–Crippen LogP) is 3.59. The van der Waals surface area contributed by atoms with Gasteiger partial charge in [-0.15, -0.1) is 0 Å². The number of carbonyl (C=O) groups is 1. The Hall–Kier alpha value is -2.27. The Kier molecular flexibility index (Phi) is 4.72. The van der Waals surface area contributed by atoms with Gasteiger partial charge in [0.05, 0.1) is 5.92 Å². The van der Waals surface area contributed by atoms with Crippen molar-refractivity contribution >= 4 is 5.91 Å². The van der Waals surface area contributed by atoms with Crippen LogP contribution in [0.15, 0.2) is 48.5 Å². The summed E-state index contributed by atoms with van der Waals surface area (Å²) < 4.78 is 28.0. The molecule has 2 aromatic rings. The Morgan fingerprint density at radius 2 is 1.62 bits per heavy atom. The summed E-state index contributed by atoms with van der Waals surface area (Å²) in [5, 5.41) is 0. The van der Waals surface area contributed by atoms with Crippen LogP contribution in [0.25, 0.3) is 0 Å². The first-order chi connectivity index (χ1) is 12.6. The van der Waals surface area contributed by atoms with Crippen LogP contribution in [-0.2, 0) is 17.9 Å². The zero-order chi connectivity index (χ0) is 18.1. The zero-order valence-corrected chi connectivity index (χ0v) is 14.6. The summed E-state index contributed by atoms with van der Waals surface area (Å²) in [6.45, 7) is 2.03. The van der Waals surface area contributed by atoms with E-state index in [1.807, 2.05) is 40.1 Å². The normalized spacial score (nSPS) is 23.3. The maximum atomic E-state index is 14.0. The van der Waals surface area contributed by atoms with Crippen molar-refractivity contribution in [1.29, 1.82) is 0 Å². The molecule has 3 aliphatic rings. The van der Waals surface area contributed by atoms with Gasteiger partial charge in [0.2, 0.25) is 5.91 Å². The first-order valence-corrected chi connectivity index (χ1v) is 9.11. The lowest BCUT2D eigenvalue weighted by atomic mass is 9.93. The fourth-order valence-corrected chi connectivity index (χ4v) is 4.15. The van der Waals surface area contributed by atoms with Crippen molar-refractivity contribution in [1.82, 2.24) is 9.80 Å². The lowest BCUT2D eigenvalue weighted by Gasteiger charge is -2.36. The number of benzene rings is 2. The van der Waals surface area contributed by atoms with Crippen LogP contribution in [0.4, 0.5) is 8.78 Å². The first-order valence-electron chi connectivity index (χ1n) is 9.11. The largest absolute Gasteiger partial charge is 0.334 e. The highest BCUT2D eigenvalue weighted by atomic mass is 19.1. The molecule has 0 spiro atoms. The number of hydrogen-bond acceptors (Lipinski definition) is 2. The third-order valence-electron chi connectivity index (χ3n) is 5.51. The molecule has 0 N–H and O–H groups in total. The molecular formula is C21H22F2N2O. The number of amides is 1. The molecule has 3 heterocycles. The van der Waals surface area contributed by atoms with Gasteiger partial charge in [-0.3, -0.25) is 9.69 Å². The molecule has 3 nitrogen and oxygen atoms in total. The van der Waals surface area contributed by atoms with E-state index >= 15 is 0 Å². The van der Waals surface area contributed by atoms with Crippen molar-refractivity contribution in [2.24, 2.45) is 5.92 Å². The monoisotopic (exact) mass is 356 g/mol. The molecule has 2 atom stereocenters. The molecule has 0 aromatic heterocycles. The number of piperidine rings is 1. The highest BCUT2D eigenvalue weighted by Crippen LogP contribution is 2.31. The number of fused-ring (bicyclic) bond motifs is 4. The van der Waals surface area contributed by atoms with E-state index < -0.39 is 11.6 Å². The second kappa shape index (κ2) is 7.16. The van der Waals surface area contributed by atoms with Crippen LogP contribution in [-0.4, -0.2) is 34.8 Å². The molecule has 2 bridgehead atoms. The second-order valence-electron chi connectivity index (χ2n) is 7.27. The quantitative estimate of drug-likeness (QED) is 0.836. The molecule has 0 aliphatic carbocycles. The maximum absolute atomic E-state index is 14.0. The SMILES string of the molecule is O=C1[C@H]2CC[C@H](CN(Cc3c(F)cccc3F)C2)N1Cc1ccccc1. The van der Waals surface area contributed by atoms with Gasteiger partial charge >= 0.3 is 0 Å². The van der Waals surface area contributed by atoms with Crippen LogP contribution >= 0.6 is 0 Å². The molecular weight excluding hydrogens is 334 g/mol. The van der Waals surface area contributed by atoms with Gasteiger partial charge in [0, 0.05) is 37.8 Å². The van der Waals surface area contributed by atoms with Crippen LogP contribution < -0.4 is 0 Å². The summed E-state index contributed by atoms with van der Waals surface area (Å²) in [6.07, 6.45) is 1.80. The minimum atomic E-state index is -0.519. The summed E-state index contributed by atoms with van der Waals surface area (Å²) in [7, 11) is 0. The minimum absolute atomic E-state index is 0.0905. The topological polar surface area (TPSA) is 23.6 Å². The van der Waals surface area contributed by atoms with E-state index in [9.17, 15) is 13.6 Å². The Morgan fingerprint density at radius 1 is 0.885 bits per heavy atom. The molecule has 3 fully saturated rings. The van der Waals surface area contributed by atoms with E-state index in [4.69, 9.17) is 0 Å². The highest BCUT2D eigenvalue weighted by Gasteiger charge is 2.40. The third kappa shape index (κ3) is 3.36. The van der Waals surface area contributed by atoms with Crippen LogP contribution in [0.1, 0.15) is 24.0 Å². The first kappa shape index (κ1) is 17.2. The van der Waals surface area contributed by atoms with E-state index in [0.29, 0.717) is 19.6 Å². The maximum Gasteiger partial charge on any atom is 0.227 e. The molecule has 3 saturated heterocycles. The van der Waals surface area contributed by atoms with Crippen LogP contribution in [0.5, 0.6) is 0 Å². The Bertz CT molecular complexity index is 776. The fraction of sp³-hybridized carbons (Fsp3) is 0.381. The minimum Gasteiger partial charge on any atom is -0.334 e. The second-order valence-corrected chi connectivity index (χ2v) is 7.27. The van der Waals surface area contributed by atoms with Crippen molar-refractivity contribution < 1.29 is 13.6 Å². The standard InChI is InChI=1S/C21H22F2N2O/c22-19-7-4-8-20(23)18(19)14-24-12-16-9-10-17(13-24)25(21(16)26)11-15-5-2-1-3-6-15/h1-8,16-17H,9-14H2/t16-,17+/m0/s1. The van der Waals surface area contributed by atoms with Crippen molar-refractivity contribution in [2.75, 3.05) is 13.1 Å². The van der Waals surface area contributed by atoms with Gasteiger partial charge in [0.15, 0.2) is 0 Å². The Labute approximate surface area is 152 Å². The molecule has 3 aliphatic heterocycles. The van der Waals surface area contributed by atoms with E-state index in [2.05, 4.69) is 0 Å². The summed E-state index contributed by atoms with van der Waals surface area (Å²) >= 11 is 0. The van der Waals surface area contributed by atoms with E-state index in [1.54, 1.807) is 0 Å². The molecule has 136 valence electrons. The molecule has 26 heavy (non-hydrogen) atoms. The highest BCUT2D eigenvalue weighted by molar-refractivity contribution is 5.80. The van der Waals surface area contributed by atoms with Crippen molar-refractivity contribution in [2.45, 2.75) is 32.0 Å². The molecule has 5 heteroatoms. The van der Waals surface area contributed by atoms with Crippen LogP contribution in [0.3, 0.4) is 0 Å². The average Bonchev–Trinajstić information content (AvgIpc) is 2.91. The van der Waals surface area contributed by atoms with Gasteiger partial charge in [-0.1, -0.05) is 36.4 Å². The Balaban J connectivity index is 1.53. The van der Waals surface area contributed by atoms with Crippen LogP contribution in [0, 0.1) is 17.6 Å². The number of halogens is 2. The molecule has 0 saturated carbocycles. The predicted molar refractivity (Wildman–Crippen MR) is 95.1 cm³/mol. The summed E-state index contributed by atoms with van der Waals surface area (Å²) in [4.78, 5) is 16.9. The van der Waals surface area contributed by atoms with Gasteiger partial charge in [-0.25, -0.2) is 8.78 Å². The Morgan fingerprint density at radius 3 is 2.35 bits per heavy atom. The lowest BCUT2D eigenvalue weighted by molar-refractivity contribution is -0.140. The van der Waals surface area contributed by atoms with Gasteiger partial charge in [-0.2, -0.15) is 0 Å². The van der Waals surface area contributed by atoms with E-state index in [1.165, 1.54) is 18.2 Å². The summed E-state index contributed by atoms with van der Waals surface area (Å²) in [5.41, 5.74) is 1.20. The molecule has 1 amide bonds. The van der Waals surface area contributed by atoms with E-state index in [-0.39, 0.29) is 30.0 Å².